The van der Waals surface area contributed by atoms with Gasteiger partial charge in [0, 0.05) is 23.4 Å². The number of aromatic hydroxyl groups is 1. The van der Waals surface area contributed by atoms with Crippen molar-refractivity contribution in [2.24, 2.45) is 4.99 Å². The Morgan fingerprint density at radius 3 is 2.58 bits per heavy atom. The first kappa shape index (κ1) is 25.8. The highest BCUT2D eigenvalue weighted by Crippen LogP contribution is 2.25. The van der Waals surface area contributed by atoms with Gasteiger partial charge in [-0.1, -0.05) is 12.1 Å². The molecule has 206 valence electrons. The minimum Gasteiger partial charge on any atom is -0.493 e. The predicted molar refractivity (Wildman–Crippen MR) is 145 cm³/mol. The molecular weight excluding hydrogens is 534 g/mol. The maximum Gasteiger partial charge on any atom is 0.326 e. The second-order valence-electron chi connectivity index (χ2n) is 10.1. The van der Waals surface area contributed by atoms with Crippen molar-refractivity contribution in [1.29, 1.82) is 5.26 Å². The maximum atomic E-state index is 12.9. The molecule has 5 N–H and O–H groups in total. The molecule has 3 aromatic heterocycles. The van der Waals surface area contributed by atoms with E-state index in [1.54, 1.807) is 28.9 Å². The Bertz CT molecular complexity index is 1910. The number of benzene rings is 1. The molecule has 13 nitrogen and oxygen atoms in total. The van der Waals surface area contributed by atoms with Crippen LogP contribution in [0, 0.1) is 11.3 Å². The van der Waals surface area contributed by atoms with Crippen molar-refractivity contribution in [3.63, 3.8) is 0 Å². The number of imidazole rings is 1. The average molecular weight is 562 g/mol. The van der Waals surface area contributed by atoms with E-state index in [4.69, 9.17) is 9.98 Å². The summed E-state index contributed by atoms with van der Waals surface area (Å²) in [6.45, 7) is 0. The molecule has 0 amide bonds. The van der Waals surface area contributed by atoms with E-state index >= 15 is 0 Å². The molecule has 0 saturated heterocycles. The van der Waals surface area contributed by atoms with Gasteiger partial charge in [-0.3, -0.25) is 9.98 Å². The molecule has 6 rings (SSSR count). The number of aromatic nitrogens is 5. The van der Waals surface area contributed by atoms with Gasteiger partial charge in [0.25, 0.3) is 0 Å². The van der Waals surface area contributed by atoms with Gasteiger partial charge in [-0.15, -0.1) is 0 Å². The van der Waals surface area contributed by atoms with Gasteiger partial charge in [0.05, 0.1) is 22.7 Å². The van der Waals surface area contributed by atoms with Crippen LogP contribution in [0.3, 0.4) is 0 Å². The summed E-state index contributed by atoms with van der Waals surface area (Å²) < 4.78 is 30.2. The summed E-state index contributed by atoms with van der Waals surface area (Å²) >= 11 is 0. The molecule has 0 unspecified atom stereocenters. The van der Waals surface area contributed by atoms with Gasteiger partial charge in [0.15, 0.2) is 11.1 Å². The molecule has 40 heavy (non-hydrogen) atoms. The Morgan fingerprint density at radius 1 is 1.12 bits per heavy atom. The van der Waals surface area contributed by atoms with Gasteiger partial charge in [-0.25, -0.2) is 22.9 Å². The number of nitrogens with zero attached hydrogens (tertiary/aromatic N) is 5. The van der Waals surface area contributed by atoms with E-state index < -0.39 is 15.7 Å². The van der Waals surface area contributed by atoms with E-state index in [-0.39, 0.29) is 40.2 Å². The Morgan fingerprint density at radius 2 is 1.88 bits per heavy atom. The third-order valence-electron chi connectivity index (χ3n) is 7.08. The lowest BCUT2D eigenvalue weighted by Gasteiger charge is -2.29. The SMILES string of the molecule is N#Cc1ccccc1S(=O)(=O)NC1CCC(Nc2cc(=NC3CC3)n3nc/c(=C\c4[nH]c(=O)[nH]c4O)c3n2)CC1. The summed E-state index contributed by atoms with van der Waals surface area (Å²) in [6, 6.07) is 10.0. The fourth-order valence-corrected chi connectivity index (χ4v) is 6.37. The topological polar surface area (TPSA) is 193 Å². The summed E-state index contributed by atoms with van der Waals surface area (Å²) in [4.78, 5) is 25.9. The number of nitriles is 1. The third kappa shape index (κ3) is 5.33. The minimum absolute atomic E-state index is 0.00681. The van der Waals surface area contributed by atoms with E-state index in [1.165, 1.54) is 12.1 Å². The smallest absolute Gasteiger partial charge is 0.326 e. The van der Waals surface area contributed by atoms with Crippen molar-refractivity contribution in [2.75, 3.05) is 5.32 Å². The lowest BCUT2D eigenvalue weighted by molar-refractivity contribution is 0.387. The highest BCUT2D eigenvalue weighted by atomic mass is 32.2. The molecule has 0 bridgehead atoms. The molecule has 2 aliphatic rings. The van der Waals surface area contributed by atoms with E-state index in [9.17, 15) is 23.6 Å². The number of anilines is 1. The average Bonchev–Trinajstić information content (AvgIpc) is 3.57. The number of sulfonamides is 1. The Labute approximate surface area is 228 Å². The fraction of sp³-hybridized carbons (Fsp3) is 0.346. The molecule has 0 aliphatic heterocycles. The van der Waals surface area contributed by atoms with Crippen LogP contribution in [0.5, 0.6) is 5.88 Å². The molecule has 3 heterocycles. The molecular formula is C26H27N9O4S. The minimum atomic E-state index is -3.81. The number of aromatic amines is 2. The number of rotatable bonds is 7. The van der Waals surface area contributed by atoms with Crippen LogP contribution in [0.1, 0.15) is 49.8 Å². The van der Waals surface area contributed by atoms with Crippen molar-refractivity contribution >= 4 is 27.6 Å². The van der Waals surface area contributed by atoms with E-state index in [2.05, 4.69) is 25.1 Å². The van der Waals surface area contributed by atoms with Gasteiger partial charge in [0.2, 0.25) is 15.9 Å². The predicted octanol–water partition coefficient (Wildman–Crippen LogP) is 0.635. The largest absolute Gasteiger partial charge is 0.493 e. The van der Waals surface area contributed by atoms with Gasteiger partial charge >= 0.3 is 5.69 Å². The third-order valence-corrected chi connectivity index (χ3v) is 8.65. The monoisotopic (exact) mass is 561 g/mol. The van der Waals surface area contributed by atoms with Gasteiger partial charge in [0.1, 0.15) is 17.6 Å². The molecule has 0 radical (unpaired) electrons. The number of hydrogen-bond donors (Lipinski definition) is 5. The van der Waals surface area contributed by atoms with Crippen LogP contribution in [0.15, 0.2) is 51.2 Å². The summed E-state index contributed by atoms with van der Waals surface area (Å²) in [5.41, 5.74) is 0.988. The van der Waals surface area contributed by atoms with Crippen molar-refractivity contribution in [3.8, 4) is 11.9 Å². The summed E-state index contributed by atoms with van der Waals surface area (Å²) in [5.74, 6) is 0.339. The van der Waals surface area contributed by atoms with Crippen LogP contribution in [0.4, 0.5) is 5.82 Å². The summed E-state index contributed by atoms with van der Waals surface area (Å²) in [7, 11) is -3.81. The van der Waals surface area contributed by atoms with Crippen molar-refractivity contribution in [2.45, 2.75) is 61.5 Å². The van der Waals surface area contributed by atoms with Gasteiger partial charge in [-0.2, -0.15) is 14.9 Å². The first-order chi connectivity index (χ1) is 19.3. The molecule has 2 aliphatic carbocycles. The fourth-order valence-electron chi connectivity index (χ4n) is 4.91. The quantitative estimate of drug-likeness (QED) is 0.217. The number of fused-ring (bicyclic) bond motifs is 1. The lowest BCUT2D eigenvalue weighted by Crippen LogP contribution is -2.40. The summed E-state index contributed by atoms with van der Waals surface area (Å²) in [5, 5.41) is 27.8. The van der Waals surface area contributed by atoms with Crippen molar-refractivity contribution in [1.82, 2.24) is 29.3 Å². The molecule has 14 heteroatoms. The standard InChI is InChI=1S/C26H27N9O4S/c27-13-15-3-1-2-4-21(15)40(38,39)34-19-9-7-17(8-10-19)29-22-12-23(30-18-5-6-18)35-24(32-22)16(14-28-35)11-20-25(36)33-26(37)31-20/h1-4,11-12,14,17-19,29,34,36H,5-10H2,(H2,31,33,37)/b16-11+,30-23?. The van der Waals surface area contributed by atoms with Crippen molar-refractivity contribution < 1.29 is 13.5 Å². The van der Waals surface area contributed by atoms with Crippen LogP contribution in [-0.4, -0.2) is 56.2 Å². The Balaban J connectivity index is 1.21. The second kappa shape index (κ2) is 10.2. The van der Waals surface area contributed by atoms with Crippen LogP contribution in [0.2, 0.25) is 0 Å². The molecule has 0 atom stereocenters. The van der Waals surface area contributed by atoms with Crippen LogP contribution < -0.4 is 26.4 Å². The van der Waals surface area contributed by atoms with Crippen molar-refractivity contribution in [3.05, 3.63) is 69.0 Å². The van der Waals surface area contributed by atoms with Crippen LogP contribution in [0.25, 0.3) is 11.7 Å². The van der Waals surface area contributed by atoms with E-state index in [0.717, 1.165) is 12.8 Å². The molecule has 0 spiro atoms. The Hall–Kier alpha value is -4.48. The molecule has 4 aromatic rings. The zero-order valence-corrected chi connectivity index (χ0v) is 22.1. The molecule has 2 fully saturated rings. The highest BCUT2D eigenvalue weighted by Gasteiger charge is 2.27. The normalized spacial score (nSPS) is 20.6. The second-order valence-corrected chi connectivity index (χ2v) is 11.8. The Kier molecular flexibility index (Phi) is 6.60. The zero-order valence-electron chi connectivity index (χ0n) is 21.3. The zero-order chi connectivity index (χ0) is 27.9. The number of H-pyrrole nitrogens is 2. The molecule has 1 aromatic carbocycles. The van der Waals surface area contributed by atoms with Gasteiger partial charge in [-0.05, 0) is 56.7 Å². The van der Waals surface area contributed by atoms with Crippen LogP contribution >= 0.6 is 0 Å². The lowest BCUT2D eigenvalue weighted by atomic mass is 9.92. The number of nitrogens with one attached hydrogen (secondary N) is 4. The number of hydrogen-bond acceptors (Lipinski definition) is 9. The first-order valence-corrected chi connectivity index (χ1v) is 14.5. The van der Waals surface area contributed by atoms with E-state index in [0.29, 0.717) is 47.9 Å². The van der Waals surface area contributed by atoms with Gasteiger partial charge < -0.3 is 15.4 Å². The molecule has 2 saturated carbocycles. The first-order valence-electron chi connectivity index (χ1n) is 13.0. The van der Waals surface area contributed by atoms with Crippen LogP contribution in [-0.2, 0) is 10.0 Å². The van der Waals surface area contributed by atoms with E-state index in [1.807, 2.05) is 12.1 Å². The maximum absolute atomic E-state index is 12.9. The summed E-state index contributed by atoms with van der Waals surface area (Å²) in [6.07, 6.45) is 7.91. The highest BCUT2D eigenvalue weighted by molar-refractivity contribution is 7.89.